The van der Waals surface area contributed by atoms with Crippen molar-refractivity contribution in [2.24, 2.45) is 0 Å². The lowest BCUT2D eigenvalue weighted by atomic mass is 10.4. The van der Waals surface area contributed by atoms with Gasteiger partial charge in [0.15, 0.2) is 0 Å². The van der Waals surface area contributed by atoms with Gasteiger partial charge in [-0.25, -0.2) is 12.9 Å². The van der Waals surface area contributed by atoms with Gasteiger partial charge in [-0.1, -0.05) is 48.6 Å². The van der Waals surface area contributed by atoms with Crippen molar-refractivity contribution in [3.63, 3.8) is 0 Å². The van der Waals surface area contributed by atoms with Crippen LogP contribution in [0.5, 0.6) is 0 Å². The molecule has 2 aliphatic rings. The van der Waals surface area contributed by atoms with Crippen molar-refractivity contribution in [1.82, 2.24) is 0 Å². The second-order valence-electron chi connectivity index (χ2n) is 3.58. The van der Waals surface area contributed by atoms with Crippen LogP contribution in [0.4, 0.5) is 0 Å². The molecule has 0 fully saturated rings. The van der Waals surface area contributed by atoms with E-state index in [1.54, 1.807) is 48.6 Å². The molecule has 10 heteroatoms. The molecule has 2 aliphatic carbocycles. The quantitative estimate of drug-likeness (QED) is 0.630. The molecule has 0 aliphatic heterocycles. The zero-order chi connectivity index (χ0) is 15.2. The van der Waals surface area contributed by atoms with Crippen LogP contribution in [0.1, 0.15) is 0 Å². The molecule has 0 bridgehead atoms. The van der Waals surface area contributed by atoms with Crippen LogP contribution in [0.25, 0.3) is 0 Å². The van der Waals surface area contributed by atoms with Crippen molar-refractivity contribution in [1.29, 1.82) is 0 Å². The lowest BCUT2D eigenvalue weighted by molar-refractivity contribution is 0.197. The molecular formula is C10H13O8PS. The molecule has 0 aromatic carbocycles. The van der Waals surface area contributed by atoms with Gasteiger partial charge in [0.05, 0.1) is 0 Å². The van der Waals surface area contributed by atoms with E-state index in [-0.39, 0.29) is 0 Å². The average Bonchev–Trinajstić information content (AvgIpc) is 2.86. The van der Waals surface area contributed by atoms with Crippen molar-refractivity contribution in [2.75, 3.05) is 0 Å². The van der Waals surface area contributed by atoms with E-state index in [0.717, 1.165) is 0 Å². The summed E-state index contributed by atoms with van der Waals surface area (Å²) in [6, 6.07) is 0. The fraction of sp³-hybridized carbons (Fsp3) is 0.200. The van der Waals surface area contributed by atoms with Gasteiger partial charge in [0, 0.05) is 0 Å². The highest BCUT2D eigenvalue weighted by molar-refractivity contribution is 7.81. The van der Waals surface area contributed by atoms with Crippen molar-refractivity contribution < 1.29 is 36.0 Å². The topological polar surface area (TPSA) is 130 Å². The standard InChI is InChI=1S/C10H10O4S.H3O4P/c11-15(12,13-9-5-1-2-6-9)14-10-7-3-4-8-10;1-5(2,3)4/h1-10H;(H3,1,2,3,4). The van der Waals surface area contributed by atoms with E-state index in [2.05, 4.69) is 0 Å². The Morgan fingerprint density at radius 1 is 0.800 bits per heavy atom. The van der Waals surface area contributed by atoms with Crippen molar-refractivity contribution in [3.8, 4) is 0 Å². The van der Waals surface area contributed by atoms with E-state index in [4.69, 9.17) is 27.6 Å². The summed E-state index contributed by atoms with van der Waals surface area (Å²) in [6.07, 6.45) is 12.3. The lowest BCUT2D eigenvalue weighted by Crippen LogP contribution is -2.20. The molecule has 0 aromatic rings. The normalized spacial score (nSPS) is 18.6. The van der Waals surface area contributed by atoms with Gasteiger partial charge in [-0.3, -0.25) is 0 Å². The zero-order valence-corrected chi connectivity index (χ0v) is 11.7. The molecule has 0 unspecified atom stereocenters. The van der Waals surface area contributed by atoms with E-state index >= 15 is 0 Å². The van der Waals surface area contributed by atoms with E-state index in [0.29, 0.717) is 0 Å². The van der Waals surface area contributed by atoms with Crippen molar-refractivity contribution in [3.05, 3.63) is 48.6 Å². The van der Waals surface area contributed by atoms with Crippen LogP contribution in [-0.2, 0) is 23.3 Å². The molecule has 0 amide bonds. The minimum Gasteiger partial charge on any atom is -0.303 e. The maximum absolute atomic E-state index is 11.4. The van der Waals surface area contributed by atoms with Gasteiger partial charge in [-0.05, 0) is 0 Å². The molecule has 3 N–H and O–H groups in total. The Kier molecular flexibility index (Phi) is 6.03. The molecule has 0 radical (unpaired) electrons. The highest BCUT2D eigenvalue weighted by atomic mass is 32.3. The zero-order valence-electron chi connectivity index (χ0n) is 10.0. The van der Waals surface area contributed by atoms with Crippen LogP contribution >= 0.6 is 7.82 Å². The Morgan fingerprint density at radius 2 is 1.05 bits per heavy atom. The van der Waals surface area contributed by atoms with Gasteiger partial charge in [0.1, 0.15) is 12.2 Å². The fourth-order valence-corrected chi connectivity index (χ4v) is 2.09. The summed E-state index contributed by atoms with van der Waals surface area (Å²) >= 11 is 0. The number of rotatable bonds is 4. The van der Waals surface area contributed by atoms with Gasteiger partial charge in [-0.2, -0.15) is 8.42 Å². The smallest absolute Gasteiger partial charge is 0.303 e. The molecule has 0 aromatic heterocycles. The minimum absolute atomic E-state index is 0.552. The third kappa shape index (κ3) is 8.18. The van der Waals surface area contributed by atoms with Crippen LogP contribution < -0.4 is 0 Å². The molecular weight excluding hydrogens is 311 g/mol. The molecule has 112 valence electrons. The largest absolute Gasteiger partial charge is 0.466 e. The Labute approximate surface area is 115 Å². The van der Waals surface area contributed by atoms with Gasteiger partial charge in [0.25, 0.3) is 0 Å². The fourth-order valence-electron chi connectivity index (χ4n) is 1.25. The molecule has 8 nitrogen and oxygen atoms in total. The van der Waals surface area contributed by atoms with Gasteiger partial charge < -0.3 is 14.7 Å². The van der Waals surface area contributed by atoms with Crippen LogP contribution in [-0.4, -0.2) is 35.3 Å². The minimum atomic E-state index is -4.64. The molecule has 0 heterocycles. The summed E-state index contributed by atoms with van der Waals surface area (Å²) in [6.45, 7) is 0. The van der Waals surface area contributed by atoms with E-state index in [1.807, 2.05) is 0 Å². The van der Waals surface area contributed by atoms with E-state index in [1.165, 1.54) is 0 Å². The number of allylic oxidation sites excluding steroid dienone is 4. The van der Waals surface area contributed by atoms with Crippen LogP contribution in [0.2, 0.25) is 0 Å². The molecule has 0 spiro atoms. The molecule has 0 saturated carbocycles. The Hall–Kier alpha value is -1.06. The summed E-state index contributed by atoms with van der Waals surface area (Å²) in [7, 11) is -8.59. The Bertz CT molecular complexity index is 514. The predicted octanol–water partition coefficient (Wildman–Crippen LogP) is 0.325. The first-order chi connectivity index (χ1) is 9.16. The second-order valence-corrected chi connectivity index (χ2v) is 5.81. The predicted molar refractivity (Wildman–Crippen MR) is 69.5 cm³/mol. The van der Waals surface area contributed by atoms with Gasteiger partial charge in [0.2, 0.25) is 0 Å². The number of hydrogen-bond acceptors (Lipinski definition) is 5. The number of hydrogen-bond donors (Lipinski definition) is 3. The van der Waals surface area contributed by atoms with Crippen LogP contribution in [0, 0.1) is 0 Å². The summed E-state index contributed by atoms with van der Waals surface area (Å²) in [5.74, 6) is 0. The highest BCUT2D eigenvalue weighted by Crippen LogP contribution is 2.25. The Morgan fingerprint density at radius 3 is 1.30 bits per heavy atom. The third-order valence-corrected chi connectivity index (χ3v) is 2.80. The second kappa shape index (κ2) is 7.09. The SMILES string of the molecule is O=P(O)(O)O.O=S(=O)(OC1C=CC=C1)OC1C=CC=C1. The maximum Gasteiger partial charge on any atom is 0.466 e. The first kappa shape index (κ1) is 17.0. The van der Waals surface area contributed by atoms with Crippen molar-refractivity contribution in [2.45, 2.75) is 12.2 Å². The average molecular weight is 324 g/mol. The lowest BCUT2D eigenvalue weighted by Gasteiger charge is -2.10. The van der Waals surface area contributed by atoms with Crippen LogP contribution in [0.3, 0.4) is 0 Å². The van der Waals surface area contributed by atoms with Gasteiger partial charge >= 0.3 is 18.2 Å². The monoisotopic (exact) mass is 324 g/mol. The van der Waals surface area contributed by atoms with Crippen LogP contribution in [0.15, 0.2) is 48.6 Å². The first-order valence-corrected chi connectivity index (χ1v) is 8.15. The summed E-state index contributed by atoms with van der Waals surface area (Å²) in [5.41, 5.74) is 0. The molecule has 20 heavy (non-hydrogen) atoms. The van der Waals surface area contributed by atoms with E-state index < -0.39 is 30.4 Å². The highest BCUT2D eigenvalue weighted by Gasteiger charge is 2.21. The maximum atomic E-state index is 11.4. The van der Waals surface area contributed by atoms with Gasteiger partial charge in [-0.15, -0.1) is 0 Å². The summed E-state index contributed by atoms with van der Waals surface area (Å²) in [5, 5.41) is 0. The molecule has 2 rings (SSSR count). The number of phosphoric acid groups is 1. The first-order valence-electron chi connectivity index (χ1n) is 5.25. The molecule has 0 saturated heterocycles. The summed E-state index contributed by atoms with van der Waals surface area (Å²) < 4.78 is 41.1. The van der Waals surface area contributed by atoms with E-state index in [9.17, 15) is 8.42 Å². The van der Waals surface area contributed by atoms with Crippen molar-refractivity contribution >= 4 is 18.2 Å². The third-order valence-electron chi connectivity index (χ3n) is 1.88. The Balaban J connectivity index is 0.000000347. The molecule has 0 atom stereocenters. The summed E-state index contributed by atoms with van der Waals surface area (Å²) in [4.78, 5) is 21.6.